The molecule has 0 saturated heterocycles. The Bertz CT molecular complexity index is 402. The number of hydrogen-bond acceptors (Lipinski definition) is 5. The minimum Gasteiger partial charge on any atom is -0.394 e. The van der Waals surface area contributed by atoms with E-state index < -0.39 is 0 Å². The molecule has 7 heteroatoms. The van der Waals surface area contributed by atoms with Gasteiger partial charge in [0.05, 0.1) is 12.2 Å². The van der Waals surface area contributed by atoms with Crippen LogP contribution in [0.2, 0.25) is 0 Å². The number of aryl methyl sites for hydroxylation is 1. The third-order valence-electron chi connectivity index (χ3n) is 1.75. The fourth-order valence-electron chi connectivity index (χ4n) is 1.13. The number of H-pyrrole nitrogens is 1. The summed E-state index contributed by atoms with van der Waals surface area (Å²) in [6.45, 7) is 0.529. The summed E-state index contributed by atoms with van der Waals surface area (Å²) in [5.41, 5.74) is 6.31. The minimum atomic E-state index is 0.529. The van der Waals surface area contributed by atoms with Crippen LogP contribution >= 0.6 is 0 Å². The van der Waals surface area contributed by atoms with Crippen molar-refractivity contribution in [2.45, 2.75) is 6.54 Å². The maximum Gasteiger partial charge on any atom is 0.171 e. The Labute approximate surface area is 80.3 Å². The molecule has 2 aromatic heterocycles. The fourth-order valence-corrected chi connectivity index (χ4v) is 1.13. The Morgan fingerprint density at radius 2 is 2.50 bits per heavy atom. The normalized spacial score (nSPS) is 10.4. The van der Waals surface area contributed by atoms with E-state index in [2.05, 4.69) is 25.6 Å². The van der Waals surface area contributed by atoms with Gasteiger partial charge in [0.1, 0.15) is 12.2 Å². The number of nitrogens with zero attached hydrogens (tertiary/aromatic N) is 4. The summed E-state index contributed by atoms with van der Waals surface area (Å²) >= 11 is 0. The lowest BCUT2D eigenvalue weighted by Crippen LogP contribution is -2.04. The monoisotopic (exact) mass is 193 g/mol. The van der Waals surface area contributed by atoms with Gasteiger partial charge in [-0.25, -0.2) is 4.98 Å². The predicted molar refractivity (Wildman–Crippen MR) is 51.3 cm³/mol. The molecule has 74 valence electrons. The van der Waals surface area contributed by atoms with Crippen LogP contribution in [0.15, 0.2) is 12.5 Å². The average Bonchev–Trinajstić information content (AvgIpc) is 2.72. The summed E-state index contributed by atoms with van der Waals surface area (Å²) in [7, 11) is 1.82. The van der Waals surface area contributed by atoms with Gasteiger partial charge in [0, 0.05) is 13.2 Å². The number of nitrogens with one attached hydrogen (secondary N) is 2. The van der Waals surface area contributed by atoms with Crippen LogP contribution in [0, 0.1) is 0 Å². The zero-order chi connectivity index (χ0) is 9.97. The molecule has 7 nitrogen and oxygen atoms in total. The van der Waals surface area contributed by atoms with E-state index in [-0.39, 0.29) is 0 Å². The zero-order valence-corrected chi connectivity index (χ0v) is 7.73. The minimum absolute atomic E-state index is 0.529. The van der Waals surface area contributed by atoms with E-state index in [4.69, 9.17) is 5.73 Å². The second-order valence-corrected chi connectivity index (χ2v) is 2.89. The summed E-state index contributed by atoms with van der Waals surface area (Å²) in [6, 6.07) is 0. The van der Waals surface area contributed by atoms with Crippen molar-refractivity contribution >= 4 is 11.5 Å². The van der Waals surface area contributed by atoms with Gasteiger partial charge in [0.25, 0.3) is 0 Å². The maximum atomic E-state index is 5.69. The Kier molecular flexibility index (Phi) is 2.05. The van der Waals surface area contributed by atoms with Crippen molar-refractivity contribution in [3.63, 3.8) is 0 Å². The van der Waals surface area contributed by atoms with Gasteiger partial charge in [-0.05, 0) is 0 Å². The van der Waals surface area contributed by atoms with Gasteiger partial charge in [0.2, 0.25) is 0 Å². The molecule has 0 aliphatic carbocycles. The molecule has 2 heterocycles. The Morgan fingerprint density at radius 1 is 1.64 bits per heavy atom. The molecule has 4 N–H and O–H groups in total. The number of nitrogen functional groups attached to an aromatic ring is 1. The molecule has 0 bridgehead atoms. The maximum absolute atomic E-state index is 5.69. The summed E-state index contributed by atoms with van der Waals surface area (Å²) in [5, 5.41) is 13.6. The van der Waals surface area contributed by atoms with Crippen molar-refractivity contribution < 1.29 is 0 Å². The average molecular weight is 193 g/mol. The van der Waals surface area contributed by atoms with Crippen LogP contribution in [0.1, 0.15) is 5.82 Å². The van der Waals surface area contributed by atoms with Crippen LogP contribution < -0.4 is 11.1 Å². The molecule has 0 radical (unpaired) electrons. The number of rotatable bonds is 3. The molecule has 14 heavy (non-hydrogen) atoms. The number of aromatic amines is 1. The first-order chi connectivity index (χ1) is 6.75. The predicted octanol–water partition coefficient (Wildman–Crippen LogP) is -0.268. The standard InChI is InChI=1S/C7H11N7/c1-14-3-5(8)7(13-14)9-2-6-10-4-11-12-6/h3-4H,2,8H2,1H3,(H,9,13)(H,10,11,12). The highest BCUT2D eigenvalue weighted by atomic mass is 15.3. The van der Waals surface area contributed by atoms with Crippen LogP contribution in [-0.2, 0) is 13.6 Å². The van der Waals surface area contributed by atoms with Gasteiger partial charge in [-0.15, -0.1) is 0 Å². The molecule has 0 aromatic carbocycles. The number of nitrogens with two attached hydrogens (primary N) is 1. The smallest absolute Gasteiger partial charge is 0.171 e. The molecule has 0 aliphatic rings. The van der Waals surface area contributed by atoms with Crippen LogP contribution in [0.5, 0.6) is 0 Å². The quantitative estimate of drug-likeness (QED) is 0.623. The number of hydrogen-bond donors (Lipinski definition) is 3. The summed E-state index contributed by atoms with van der Waals surface area (Å²) in [4.78, 5) is 3.96. The summed E-state index contributed by atoms with van der Waals surface area (Å²) in [5.74, 6) is 1.40. The number of aromatic nitrogens is 5. The van der Waals surface area contributed by atoms with E-state index in [9.17, 15) is 0 Å². The molecular weight excluding hydrogens is 182 g/mol. The van der Waals surface area contributed by atoms with Crippen molar-refractivity contribution in [1.29, 1.82) is 0 Å². The first-order valence-corrected chi connectivity index (χ1v) is 4.13. The van der Waals surface area contributed by atoms with Crippen LogP contribution in [0.4, 0.5) is 11.5 Å². The van der Waals surface area contributed by atoms with Gasteiger partial charge in [-0.2, -0.15) is 10.2 Å². The lowest BCUT2D eigenvalue weighted by molar-refractivity contribution is 0.767. The van der Waals surface area contributed by atoms with Gasteiger partial charge in [-0.1, -0.05) is 0 Å². The molecular formula is C7H11N7. The highest BCUT2D eigenvalue weighted by molar-refractivity contribution is 5.59. The van der Waals surface area contributed by atoms with Crippen molar-refractivity contribution in [3.05, 3.63) is 18.3 Å². The van der Waals surface area contributed by atoms with Crippen LogP contribution in [0.25, 0.3) is 0 Å². The van der Waals surface area contributed by atoms with Gasteiger partial charge >= 0.3 is 0 Å². The van der Waals surface area contributed by atoms with Gasteiger partial charge in [-0.3, -0.25) is 9.78 Å². The first kappa shape index (κ1) is 8.54. The molecule has 0 atom stereocenters. The Balaban J connectivity index is 2.01. The summed E-state index contributed by atoms with van der Waals surface area (Å²) < 4.78 is 1.65. The molecule has 0 saturated carbocycles. The molecule has 2 aromatic rings. The third kappa shape index (κ3) is 1.65. The second kappa shape index (κ2) is 3.36. The highest BCUT2D eigenvalue weighted by Crippen LogP contribution is 2.14. The Hall–Kier alpha value is -2.05. The Morgan fingerprint density at radius 3 is 3.07 bits per heavy atom. The zero-order valence-electron chi connectivity index (χ0n) is 7.73. The van der Waals surface area contributed by atoms with Crippen LogP contribution in [0.3, 0.4) is 0 Å². The van der Waals surface area contributed by atoms with E-state index in [1.165, 1.54) is 6.33 Å². The molecule has 2 rings (SSSR count). The molecule has 0 fully saturated rings. The summed E-state index contributed by atoms with van der Waals surface area (Å²) in [6.07, 6.45) is 3.20. The van der Waals surface area contributed by atoms with E-state index in [0.29, 0.717) is 18.1 Å². The third-order valence-corrected chi connectivity index (χ3v) is 1.75. The highest BCUT2D eigenvalue weighted by Gasteiger charge is 2.03. The molecule has 0 amide bonds. The van der Waals surface area contributed by atoms with E-state index in [0.717, 1.165) is 5.82 Å². The lowest BCUT2D eigenvalue weighted by Gasteiger charge is -1.99. The topological polar surface area (TPSA) is 97.4 Å². The fraction of sp³-hybridized carbons (Fsp3) is 0.286. The van der Waals surface area contributed by atoms with Crippen LogP contribution in [-0.4, -0.2) is 25.0 Å². The largest absolute Gasteiger partial charge is 0.394 e. The van der Waals surface area contributed by atoms with Crippen molar-refractivity contribution in [2.24, 2.45) is 7.05 Å². The molecule has 0 aliphatic heterocycles. The van der Waals surface area contributed by atoms with Crippen molar-refractivity contribution in [3.8, 4) is 0 Å². The second-order valence-electron chi connectivity index (χ2n) is 2.89. The van der Waals surface area contributed by atoms with Crippen molar-refractivity contribution in [2.75, 3.05) is 11.1 Å². The van der Waals surface area contributed by atoms with Gasteiger partial charge < -0.3 is 11.1 Å². The molecule has 0 spiro atoms. The SMILES string of the molecule is Cn1cc(N)c(NCc2ncn[nH]2)n1. The lowest BCUT2D eigenvalue weighted by atomic mass is 10.5. The van der Waals surface area contributed by atoms with E-state index >= 15 is 0 Å². The van der Waals surface area contributed by atoms with Crippen molar-refractivity contribution in [1.82, 2.24) is 25.0 Å². The number of anilines is 2. The first-order valence-electron chi connectivity index (χ1n) is 4.13. The van der Waals surface area contributed by atoms with E-state index in [1.807, 2.05) is 7.05 Å². The van der Waals surface area contributed by atoms with E-state index in [1.54, 1.807) is 10.9 Å². The molecule has 0 unspecified atom stereocenters. The van der Waals surface area contributed by atoms with Gasteiger partial charge in [0.15, 0.2) is 5.82 Å².